The van der Waals surface area contributed by atoms with Crippen LogP contribution in [-0.2, 0) is 16.6 Å². The number of nitrogens with zero attached hydrogens (tertiary/aromatic N) is 5. The fraction of sp³-hybridized carbons (Fsp3) is 0.357. The molecule has 3 aromatic rings. The smallest absolute Gasteiger partial charge is 0.242 e. The zero-order valence-corrected chi connectivity index (χ0v) is 14.5. The summed E-state index contributed by atoms with van der Waals surface area (Å²) >= 11 is 0. The van der Waals surface area contributed by atoms with Crippen molar-refractivity contribution < 1.29 is 17.8 Å². The Morgan fingerprint density at radius 1 is 1.29 bits per heavy atom. The maximum absolute atomic E-state index is 12.3. The first-order chi connectivity index (χ1) is 11.3. The molecule has 0 atom stereocenters. The molecule has 24 heavy (non-hydrogen) atoms. The van der Waals surface area contributed by atoms with E-state index in [0.29, 0.717) is 16.8 Å². The van der Waals surface area contributed by atoms with Crippen molar-refractivity contribution >= 4 is 21.1 Å². The van der Waals surface area contributed by atoms with E-state index in [0.717, 1.165) is 15.6 Å². The van der Waals surface area contributed by atoms with Gasteiger partial charge in [-0.2, -0.15) is 0 Å². The van der Waals surface area contributed by atoms with E-state index in [1.54, 1.807) is 13.0 Å². The van der Waals surface area contributed by atoms with Gasteiger partial charge >= 0.3 is 0 Å². The van der Waals surface area contributed by atoms with E-state index in [9.17, 15) is 8.42 Å². The Labute approximate surface area is 138 Å². The van der Waals surface area contributed by atoms with Gasteiger partial charge in [-0.25, -0.2) is 12.7 Å². The summed E-state index contributed by atoms with van der Waals surface area (Å²) in [6.07, 6.45) is 0. The van der Waals surface area contributed by atoms with Crippen molar-refractivity contribution in [3.05, 3.63) is 35.2 Å². The van der Waals surface area contributed by atoms with Crippen molar-refractivity contribution in [2.45, 2.75) is 25.3 Å². The largest absolute Gasteiger partial charge is 0.390 e. The van der Waals surface area contributed by atoms with Gasteiger partial charge in [-0.1, -0.05) is 10.0 Å². The number of hydrogen-bond donors (Lipinski definition) is 0. The van der Waals surface area contributed by atoms with Gasteiger partial charge in [0.1, 0.15) is 23.4 Å². The van der Waals surface area contributed by atoms with E-state index in [4.69, 9.17) is 9.36 Å². The van der Waals surface area contributed by atoms with E-state index < -0.39 is 10.0 Å². The van der Waals surface area contributed by atoms with Crippen molar-refractivity contribution in [2.24, 2.45) is 0 Å². The minimum absolute atomic E-state index is 0.143. The molecule has 0 saturated heterocycles. The second-order valence-electron chi connectivity index (χ2n) is 5.48. The molecule has 2 aromatic heterocycles. The summed E-state index contributed by atoms with van der Waals surface area (Å²) in [5, 5.41) is 11.7. The molecular formula is C14H17N5O4S. The lowest BCUT2D eigenvalue weighted by Crippen LogP contribution is -2.22. The second kappa shape index (κ2) is 5.87. The Hall–Kier alpha value is -2.46. The van der Waals surface area contributed by atoms with E-state index >= 15 is 0 Å². The van der Waals surface area contributed by atoms with Gasteiger partial charge in [0.05, 0.1) is 16.2 Å². The lowest BCUT2D eigenvalue weighted by molar-refractivity contribution is 0.0741. The Morgan fingerprint density at radius 3 is 2.67 bits per heavy atom. The zero-order chi connectivity index (χ0) is 17.5. The zero-order valence-electron chi connectivity index (χ0n) is 13.7. The summed E-state index contributed by atoms with van der Waals surface area (Å²) in [7, 11) is -0.600. The molecule has 9 nitrogen and oxygen atoms in total. The highest BCUT2D eigenvalue weighted by Gasteiger charge is 2.19. The lowest BCUT2D eigenvalue weighted by atomic mass is 10.2. The van der Waals surface area contributed by atoms with Crippen LogP contribution in [0.25, 0.3) is 11.0 Å². The highest BCUT2D eigenvalue weighted by atomic mass is 32.2. The highest BCUT2D eigenvalue weighted by molar-refractivity contribution is 7.89. The molecule has 0 bridgehead atoms. The first-order valence-corrected chi connectivity index (χ1v) is 8.57. The normalized spacial score (nSPS) is 12.2. The van der Waals surface area contributed by atoms with Gasteiger partial charge in [-0.05, 0) is 37.3 Å². The molecule has 0 amide bonds. The molecule has 0 fully saturated rings. The van der Waals surface area contributed by atoms with Crippen LogP contribution in [-0.4, -0.2) is 47.1 Å². The summed E-state index contributed by atoms with van der Waals surface area (Å²) in [6, 6.07) is 4.57. The average molecular weight is 351 g/mol. The minimum Gasteiger partial charge on any atom is -0.390 e. The maximum atomic E-state index is 12.3. The van der Waals surface area contributed by atoms with Crippen LogP contribution in [0.15, 0.2) is 27.6 Å². The summed E-state index contributed by atoms with van der Waals surface area (Å²) in [6.45, 7) is 3.79. The summed E-state index contributed by atoms with van der Waals surface area (Å²) in [5.41, 5.74) is 2.54. The van der Waals surface area contributed by atoms with Crippen LogP contribution in [0.5, 0.6) is 0 Å². The molecule has 128 valence electrons. The quantitative estimate of drug-likeness (QED) is 0.673. The molecular weight excluding hydrogens is 334 g/mol. The first-order valence-electron chi connectivity index (χ1n) is 7.13. The molecule has 1 aromatic carbocycles. The van der Waals surface area contributed by atoms with Crippen LogP contribution < -0.4 is 4.84 Å². The van der Waals surface area contributed by atoms with Gasteiger partial charge in [0.25, 0.3) is 0 Å². The molecule has 0 radical (unpaired) electrons. The molecule has 0 spiro atoms. The Bertz CT molecular complexity index is 970. The summed E-state index contributed by atoms with van der Waals surface area (Å²) in [4.78, 5) is 6.98. The third kappa shape index (κ3) is 2.74. The number of sulfonamides is 1. The average Bonchev–Trinajstić information content (AvgIpc) is 3.08. The van der Waals surface area contributed by atoms with Crippen LogP contribution >= 0.6 is 0 Å². The van der Waals surface area contributed by atoms with Crippen molar-refractivity contribution in [2.75, 3.05) is 14.1 Å². The van der Waals surface area contributed by atoms with Gasteiger partial charge in [0, 0.05) is 14.1 Å². The molecule has 2 heterocycles. The van der Waals surface area contributed by atoms with Crippen molar-refractivity contribution in [1.29, 1.82) is 0 Å². The predicted molar refractivity (Wildman–Crippen MR) is 84.7 cm³/mol. The molecule has 10 heteroatoms. The van der Waals surface area contributed by atoms with Gasteiger partial charge in [-0.15, -0.1) is 5.10 Å². The molecule has 0 unspecified atom stereocenters. The summed E-state index contributed by atoms with van der Waals surface area (Å²) in [5.74, 6) is 0.660. The van der Waals surface area contributed by atoms with Crippen LogP contribution in [0.3, 0.4) is 0 Å². The Balaban J connectivity index is 1.95. The molecule has 0 aliphatic rings. The number of benzene rings is 1. The number of hydrogen-bond acceptors (Lipinski definition) is 7. The summed E-state index contributed by atoms with van der Waals surface area (Å²) < 4.78 is 30.7. The van der Waals surface area contributed by atoms with Crippen LogP contribution in [0, 0.1) is 13.8 Å². The predicted octanol–water partition coefficient (Wildman–Crippen LogP) is 0.915. The van der Waals surface area contributed by atoms with Crippen LogP contribution in [0.1, 0.15) is 17.0 Å². The first kappa shape index (κ1) is 16.4. The van der Waals surface area contributed by atoms with Crippen molar-refractivity contribution in [3.8, 4) is 0 Å². The molecule has 0 aliphatic carbocycles. The third-order valence-electron chi connectivity index (χ3n) is 3.68. The molecule has 3 rings (SSSR count). The number of rotatable bonds is 5. The van der Waals surface area contributed by atoms with E-state index in [2.05, 4.69) is 15.5 Å². The monoisotopic (exact) mass is 351 g/mol. The molecule has 0 aliphatic heterocycles. The fourth-order valence-electron chi connectivity index (χ4n) is 2.18. The van der Waals surface area contributed by atoms with Gasteiger partial charge in [0.2, 0.25) is 10.0 Å². The minimum atomic E-state index is -3.55. The Morgan fingerprint density at radius 2 is 2.04 bits per heavy atom. The van der Waals surface area contributed by atoms with Gasteiger partial charge in [0.15, 0.2) is 0 Å². The number of fused-ring (bicyclic) bond motifs is 1. The van der Waals surface area contributed by atoms with Crippen molar-refractivity contribution in [1.82, 2.24) is 24.6 Å². The number of aromatic nitrogens is 4. The third-order valence-corrected chi connectivity index (χ3v) is 5.49. The van der Waals surface area contributed by atoms with E-state index in [1.165, 1.54) is 31.1 Å². The Kier molecular flexibility index (Phi) is 4.01. The van der Waals surface area contributed by atoms with Crippen LogP contribution in [0.4, 0.5) is 0 Å². The second-order valence-corrected chi connectivity index (χ2v) is 7.63. The molecule has 0 saturated carbocycles. The maximum Gasteiger partial charge on any atom is 0.242 e. The number of aryl methyl sites for hydroxylation is 2. The van der Waals surface area contributed by atoms with Crippen molar-refractivity contribution in [3.63, 3.8) is 0 Å². The van der Waals surface area contributed by atoms with E-state index in [-0.39, 0.29) is 11.5 Å². The standard InChI is InChI=1S/C14H17N5O4S/c1-9-12(10(2)23-16-9)8-22-19-14-7-11(24(20,21)18(3)4)5-6-13(14)15-17-19/h5-7H,8H2,1-4H3. The SMILES string of the molecule is Cc1noc(C)c1COn1nnc2ccc(S(=O)(=O)N(C)C)cc21. The lowest BCUT2D eigenvalue weighted by Gasteiger charge is -2.11. The van der Waals surface area contributed by atoms with Gasteiger partial charge < -0.3 is 9.36 Å². The fourth-order valence-corrected chi connectivity index (χ4v) is 3.10. The van der Waals surface area contributed by atoms with E-state index in [1.807, 2.05) is 6.92 Å². The highest BCUT2D eigenvalue weighted by Crippen LogP contribution is 2.19. The molecule has 0 N–H and O–H groups in total. The van der Waals surface area contributed by atoms with Gasteiger partial charge in [-0.3, -0.25) is 0 Å². The van der Waals surface area contributed by atoms with Crippen LogP contribution in [0.2, 0.25) is 0 Å². The topological polar surface area (TPSA) is 103 Å².